The molecule has 1 spiro atoms. The molecule has 8 heteroatoms. The number of carbonyl (C=O) groups is 3. The third kappa shape index (κ3) is 3.89. The minimum Gasteiger partial charge on any atom is -0.323 e. The highest BCUT2D eigenvalue weighted by molar-refractivity contribution is 6.10. The number of nitrogens with one attached hydrogen (secondary N) is 2. The molecule has 1 aromatic heterocycles. The lowest BCUT2D eigenvalue weighted by Crippen LogP contribution is -2.54. The standard InChI is InChI=1S/C24H31N5O3/c1-15-11-23(4,5)14-24(12-15)21(31)28(22(32)26-24)13-19(30)25-20-16(2)27-29(17(20)3)18-9-7-6-8-10-18/h6-10,15H,11-14H2,1-5H3,(H,25,30)(H,26,32). The molecule has 8 nitrogen and oxygen atoms in total. The molecule has 4 amide bonds. The van der Waals surface area contributed by atoms with Gasteiger partial charge in [-0.05, 0) is 56.6 Å². The van der Waals surface area contributed by atoms with E-state index < -0.39 is 17.5 Å². The van der Waals surface area contributed by atoms with E-state index in [0.717, 1.165) is 22.7 Å². The van der Waals surface area contributed by atoms with Crippen LogP contribution in [0.3, 0.4) is 0 Å². The number of anilines is 1. The molecule has 2 atom stereocenters. The van der Waals surface area contributed by atoms with E-state index in [-0.39, 0.29) is 17.9 Å². The number of rotatable bonds is 4. The van der Waals surface area contributed by atoms with Crippen molar-refractivity contribution in [2.75, 3.05) is 11.9 Å². The van der Waals surface area contributed by atoms with Crippen LogP contribution in [0.15, 0.2) is 30.3 Å². The van der Waals surface area contributed by atoms with Crippen molar-refractivity contribution in [3.63, 3.8) is 0 Å². The van der Waals surface area contributed by atoms with Gasteiger partial charge in [-0.3, -0.25) is 14.5 Å². The van der Waals surface area contributed by atoms with Crippen molar-refractivity contribution in [2.45, 2.75) is 59.4 Å². The third-order valence-corrected chi connectivity index (χ3v) is 6.48. The average Bonchev–Trinajstić information content (AvgIpc) is 3.09. The Bertz CT molecular complexity index is 1070. The van der Waals surface area contributed by atoms with E-state index in [4.69, 9.17) is 0 Å². The lowest BCUT2D eigenvalue weighted by Gasteiger charge is -2.43. The summed E-state index contributed by atoms with van der Waals surface area (Å²) in [5.74, 6) is -0.413. The number of nitrogens with zero attached hydrogens (tertiary/aromatic N) is 3. The zero-order valence-corrected chi connectivity index (χ0v) is 19.4. The van der Waals surface area contributed by atoms with Gasteiger partial charge in [-0.2, -0.15) is 5.10 Å². The van der Waals surface area contributed by atoms with Crippen LogP contribution in [0.1, 0.15) is 51.4 Å². The third-order valence-electron chi connectivity index (χ3n) is 6.48. The van der Waals surface area contributed by atoms with E-state index in [2.05, 4.69) is 36.5 Å². The van der Waals surface area contributed by atoms with Crippen molar-refractivity contribution in [1.82, 2.24) is 20.0 Å². The smallest absolute Gasteiger partial charge is 0.323 e. The number of imide groups is 1. The number of para-hydroxylation sites is 1. The summed E-state index contributed by atoms with van der Waals surface area (Å²) < 4.78 is 1.76. The van der Waals surface area contributed by atoms with Crippen LogP contribution in [-0.2, 0) is 9.59 Å². The van der Waals surface area contributed by atoms with E-state index in [1.54, 1.807) is 4.68 Å². The van der Waals surface area contributed by atoms with Gasteiger partial charge in [-0.15, -0.1) is 0 Å². The molecule has 32 heavy (non-hydrogen) atoms. The van der Waals surface area contributed by atoms with Crippen LogP contribution >= 0.6 is 0 Å². The maximum absolute atomic E-state index is 13.3. The average molecular weight is 438 g/mol. The lowest BCUT2D eigenvalue weighted by molar-refractivity contribution is -0.136. The second-order valence-corrected chi connectivity index (χ2v) is 10.1. The van der Waals surface area contributed by atoms with Crippen LogP contribution in [0.5, 0.6) is 0 Å². The van der Waals surface area contributed by atoms with Crippen LogP contribution in [0.4, 0.5) is 10.5 Å². The zero-order valence-electron chi connectivity index (χ0n) is 19.4. The Hall–Kier alpha value is -3.16. The molecule has 2 fully saturated rings. The van der Waals surface area contributed by atoms with Gasteiger partial charge >= 0.3 is 6.03 Å². The minimum atomic E-state index is -0.914. The molecule has 170 valence electrons. The Morgan fingerprint density at radius 1 is 1.19 bits per heavy atom. The molecular weight excluding hydrogens is 406 g/mol. The zero-order chi connectivity index (χ0) is 23.3. The molecular formula is C24H31N5O3. The van der Waals surface area contributed by atoms with Gasteiger partial charge in [0.1, 0.15) is 12.1 Å². The van der Waals surface area contributed by atoms with Gasteiger partial charge in [0.25, 0.3) is 5.91 Å². The predicted octanol–water partition coefficient (Wildman–Crippen LogP) is 3.56. The van der Waals surface area contributed by atoms with Crippen molar-refractivity contribution < 1.29 is 14.4 Å². The summed E-state index contributed by atoms with van der Waals surface area (Å²) in [4.78, 5) is 39.9. The Morgan fingerprint density at radius 2 is 1.88 bits per heavy atom. The second kappa shape index (κ2) is 7.76. The number of urea groups is 1. The van der Waals surface area contributed by atoms with Gasteiger partial charge in [0.2, 0.25) is 5.91 Å². The molecule has 2 aliphatic rings. The molecule has 4 rings (SSSR count). The number of aromatic nitrogens is 2. The Labute approximate surface area is 188 Å². The van der Waals surface area contributed by atoms with Crippen LogP contribution in [-0.4, -0.2) is 44.6 Å². The summed E-state index contributed by atoms with van der Waals surface area (Å²) in [5.41, 5.74) is 1.95. The molecule has 2 N–H and O–H groups in total. The first-order chi connectivity index (χ1) is 15.0. The van der Waals surface area contributed by atoms with Crippen molar-refractivity contribution >= 4 is 23.5 Å². The molecule has 0 radical (unpaired) electrons. The van der Waals surface area contributed by atoms with Gasteiger partial charge in [-0.1, -0.05) is 39.0 Å². The van der Waals surface area contributed by atoms with Gasteiger partial charge in [-0.25, -0.2) is 9.48 Å². The van der Waals surface area contributed by atoms with E-state index >= 15 is 0 Å². The highest BCUT2D eigenvalue weighted by Gasteiger charge is 2.56. The number of amides is 4. The normalized spacial score (nSPS) is 24.7. The number of aryl methyl sites for hydroxylation is 1. The van der Waals surface area contributed by atoms with Crippen LogP contribution in [0.25, 0.3) is 5.69 Å². The highest BCUT2D eigenvalue weighted by Crippen LogP contribution is 2.46. The summed E-state index contributed by atoms with van der Waals surface area (Å²) in [6.07, 6.45) is 2.18. The van der Waals surface area contributed by atoms with E-state index in [0.29, 0.717) is 30.1 Å². The monoisotopic (exact) mass is 437 g/mol. The number of hydrogen-bond donors (Lipinski definition) is 2. The fourth-order valence-electron chi connectivity index (χ4n) is 5.62. The number of carbonyl (C=O) groups excluding carboxylic acids is 3. The van der Waals surface area contributed by atoms with Crippen LogP contribution in [0.2, 0.25) is 0 Å². The molecule has 2 unspecified atom stereocenters. The topological polar surface area (TPSA) is 96.3 Å². The summed E-state index contributed by atoms with van der Waals surface area (Å²) in [7, 11) is 0. The fourth-order valence-corrected chi connectivity index (χ4v) is 5.62. The first-order valence-corrected chi connectivity index (χ1v) is 11.1. The molecule has 2 heterocycles. The molecule has 0 bridgehead atoms. The van der Waals surface area contributed by atoms with E-state index in [1.807, 2.05) is 44.2 Å². The molecule has 1 saturated carbocycles. The maximum Gasteiger partial charge on any atom is 0.325 e. The largest absolute Gasteiger partial charge is 0.325 e. The molecule has 1 aliphatic heterocycles. The molecule has 1 aliphatic carbocycles. The van der Waals surface area contributed by atoms with Gasteiger partial charge < -0.3 is 10.6 Å². The summed E-state index contributed by atoms with van der Waals surface area (Å²) >= 11 is 0. The lowest BCUT2D eigenvalue weighted by atomic mass is 9.64. The van der Waals surface area contributed by atoms with Crippen molar-refractivity contribution in [2.24, 2.45) is 11.3 Å². The van der Waals surface area contributed by atoms with E-state index in [1.165, 1.54) is 0 Å². The summed E-state index contributed by atoms with van der Waals surface area (Å²) in [6, 6.07) is 9.14. The maximum atomic E-state index is 13.3. The molecule has 1 aromatic carbocycles. The van der Waals surface area contributed by atoms with Crippen molar-refractivity contribution in [3.05, 3.63) is 41.7 Å². The Balaban J connectivity index is 1.50. The van der Waals surface area contributed by atoms with Gasteiger partial charge in [0.15, 0.2) is 0 Å². The molecule has 2 aromatic rings. The minimum absolute atomic E-state index is 0.0564. The van der Waals surface area contributed by atoms with Crippen molar-refractivity contribution in [3.8, 4) is 5.69 Å². The summed E-state index contributed by atoms with van der Waals surface area (Å²) in [5, 5.41) is 10.3. The number of hydrogen-bond acceptors (Lipinski definition) is 4. The fraction of sp³-hybridized carbons (Fsp3) is 0.500. The highest BCUT2D eigenvalue weighted by atomic mass is 16.2. The number of benzene rings is 1. The Morgan fingerprint density at radius 3 is 2.53 bits per heavy atom. The summed E-state index contributed by atoms with van der Waals surface area (Å²) in [6.45, 7) is 9.71. The SMILES string of the molecule is Cc1nn(-c2ccccc2)c(C)c1NC(=O)CN1C(=O)NC2(CC(C)CC(C)(C)C2)C1=O. The van der Waals surface area contributed by atoms with Crippen LogP contribution in [0, 0.1) is 25.2 Å². The van der Waals surface area contributed by atoms with Gasteiger partial charge in [0.05, 0.1) is 22.8 Å². The quantitative estimate of drug-likeness (QED) is 0.715. The second-order valence-electron chi connectivity index (χ2n) is 10.1. The Kier molecular flexibility index (Phi) is 5.35. The predicted molar refractivity (Wildman–Crippen MR) is 121 cm³/mol. The van der Waals surface area contributed by atoms with Crippen molar-refractivity contribution in [1.29, 1.82) is 0 Å². The van der Waals surface area contributed by atoms with Crippen LogP contribution < -0.4 is 10.6 Å². The first kappa shape index (κ1) is 22.0. The van der Waals surface area contributed by atoms with Gasteiger partial charge in [0, 0.05) is 0 Å². The first-order valence-electron chi connectivity index (χ1n) is 11.1. The van der Waals surface area contributed by atoms with E-state index in [9.17, 15) is 14.4 Å². The molecule has 1 saturated heterocycles.